The van der Waals surface area contributed by atoms with Gasteiger partial charge in [-0.15, -0.1) is 0 Å². The largest absolute Gasteiger partial charge is 0.383 e. The minimum atomic E-state index is -0.509. The van der Waals surface area contributed by atoms with E-state index in [1.807, 2.05) is 30.3 Å². The summed E-state index contributed by atoms with van der Waals surface area (Å²) in [5, 5.41) is 3.29. The quantitative estimate of drug-likeness (QED) is 0.773. The van der Waals surface area contributed by atoms with Crippen LogP contribution in [-0.4, -0.2) is 16.1 Å². The number of aromatic amines is 1. The van der Waals surface area contributed by atoms with Crippen molar-refractivity contribution in [2.24, 2.45) is 0 Å². The molecule has 0 atom stereocenters. The lowest BCUT2D eigenvalue weighted by Crippen LogP contribution is -2.36. The van der Waals surface area contributed by atoms with Gasteiger partial charge in [0, 0.05) is 18.8 Å². The molecule has 0 aliphatic rings. The monoisotopic (exact) mass is 299 g/mol. The van der Waals surface area contributed by atoms with Gasteiger partial charge in [0.25, 0.3) is 5.56 Å². The smallest absolute Gasteiger partial charge is 0.328 e. The van der Waals surface area contributed by atoms with Crippen molar-refractivity contribution in [3.63, 3.8) is 0 Å². The Labute approximate surface area is 125 Å². The molecule has 0 unspecified atom stereocenters. The molecule has 3 rings (SSSR count). The van der Waals surface area contributed by atoms with Crippen molar-refractivity contribution >= 4 is 16.6 Å². The molecule has 0 aliphatic carbocycles. The lowest BCUT2D eigenvalue weighted by atomic mass is 10.2. The van der Waals surface area contributed by atoms with Crippen molar-refractivity contribution in [2.75, 3.05) is 11.9 Å². The molecule has 1 aromatic heterocycles. The van der Waals surface area contributed by atoms with Gasteiger partial charge in [-0.05, 0) is 30.3 Å². The van der Waals surface area contributed by atoms with Crippen LogP contribution in [0.1, 0.15) is 0 Å². The second kappa shape index (κ2) is 5.85. The Morgan fingerprint density at radius 2 is 1.86 bits per heavy atom. The van der Waals surface area contributed by atoms with Gasteiger partial charge in [0.05, 0.1) is 10.9 Å². The minimum Gasteiger partial charge on any atom is -0.383 e. The van der Waals surface area contributed by atoms with E-state index < -0.39 is 17.1 Å². The Bertz CT molecular complexity index is 916. The van der Waals surface area contributed by atoms with E-state index in [1.54, 1.807) is 0 Å². The van der Waals surface area contributed by atoms with Gasteiger partial charge < -0.3 is 10.3 Å². The number of benzene rings is 2. The highest BCUT2D eigenvalue weighted by atomic mass is 19.1. The van der Waals surface area contributed by atoms with Crippen molar-refractivity contribution in [1.29, 1.82) is 0 Å². The third-order valence-corrected chi connectivity index (χ3v) is 3.38. The maximum atomic E-state index is 13.3. The number of aromatic nitrogens is 2. The highest BCUT2D eigenvalue weighted by Gasteiger charge is 2.08. The van der Waals surface area contributed by atoms with E-state index in [1.165, 1.54) is 12.1 Å². The SMILES string of the molecule is O=c1[nH]c2ccc(F)cc2c(=O)n1CCNc1ccccc1. The maximum absolute atomic E-state index is 13.3. The number of nitrogens with zero attached hydrogens (tertiary/aromatic N) is 1. The third kappa shape index (κ3) is 2.76. The van der Waals surface area contributed by atoms with Gasteiger partial charge in [0.15, 0.2) is 0 Å². The number of para-hydroxylation sites is 1. The first-order valence-electron chi connectivity index (χ1n) is 6.86. The highest BCUT2D eigenvalue weighted by Crippen LogP contribution is 2.07. The van der Waals surface area contributed by atoms with Crippen LogP contribution in [0.4, 0.5) is 10.1 Å². The number of fused-ring (bicyclic) bond motifs is 1. The van der Waals surface area contributed by atoms with Crippen LogP contribution in [-0.2, 0) is 6.54 Å². The van der Waals surface area contributed by atoms with Gasteiger partial charge in [-0.3, -0.25) is 9.36 Å². The summed E-state index contributed by atoms with van der Waals surface area (Å²) in [6.45, 7) is 0.601. The van der Waals surface area contributed by atoms with Crippen LogP contribution >= 0.6 is 0 Å². The molecule has 0 saturated carbocycles. The summed E-state index contributed by atoms with van der Waals surface area (Å²) in [5.74, 6) is -0.509. The average Bonchev–Trinajstić information content (AvgIpc) is 2.52. The first kappa shape index (κ1) is 14.1. The predicted octanol–water partition coefficient (Wildman–Crippen LogP) is 1.94. The second-order valence-corrected chi connectivity index (χ2v) is 4.87. The number of halogens is 1. The number of hydrogen-bond donors (Lipinski definition) is 2. The van der Waals surface area contributed by atoms with E-state index in [0.717, 1.165) is 16.3 Å². The zero-order valence-corrected chi connectivity index (χ0v) is 11.7. The number of anilines is 1. The van der Waals surface area contributed by atoms with Crippen molar-refractivity contribution in [3.05, 3.63) is 75.2 Å². The Kier molecular flexibility index (Phi) is 3.74. The van der Waals surface area contributed by atoms with Gasteiger partial charge in [0.2, 0.25) is 0 Å². The summed E-state index contributed by atoms with van der Waals surface area (Å²) in [4.78, 5) is 26.8. The van der Waals surface area contributed by atoms with E-state index in [2.05, 4.69) is 10.3 Å². The van der Waals surface area contributed by atoms with Gasteiger partial charge in [-0.25, -0.2) is 9.18 Å². The molecule has 0 fully saturated rings. The van der Waals surface area contributed by atoms with E-state index in [-0.39, 0.29) is 11.9 Å². The molecule has 0 saturated heterocycles. The van der Waals surface area contributed by atoms with Crippen molar-refractivity contribution in [2.45, 2.75) is 6.54 Å². The van der Waals surface area contributed by atoms with Crippen molar-refractivity contribution in [1.82, 2.24) is 9.55 Å². The molecule has 0 amide bonds. The van der Waals surface area contributed by atoms with Crippen LogP contribution in [0.5, 0.6) is 0 Å². The van der Waals surface area contributed by atoms with E-state index in [4.69, 9.17) is 0 Å². The van der Waals surface area contributed by atoms with Crippen LogP contribution < -0.4 is 16.6 Å². The molecule has 6 heteroatoms. The Morgan fingerprint density at radius 3 is 2.64 bits per heavy atom. The summed E-state index contributed by atoms with van der Waals surface area (Å²) in [6.07, 6.45) is 0. The van der Waals surface area contributed by atoms with E-state index >= 15 is 0 Å². The molecule has 1 heterocycles. The van der Waals surface area contributed by atoms with E-state index in [9.17, 15) is 14.0 Å². The van der Waals surface area contributed by atoms with Gasteiger partial charge in [-0.1, -0.05) is 18.2 Å². The van der Waals surface area contributed by atoms with Crippen LogP contribution in [0.3, 0.4) is 0 Å². The maximum Gasteiger partial charge on any atom is 0.328 e. The van der Waals surface area contributed by atoms with Crippen LogP contribution in [0.15, 0.2) is 58.1 Å². The molecule has 0 spiro atoms. The fraction of sp³-hybridized carbons (Fsp3) is 0.125. The zero-order chi connectivity index (χ0) is 15.5. The molecule has 22 heavy (non-hydrogen) atoms. The molecule has 112 valence electrons. The molecule has 0 aliphatic heterocycles. The average molecular weight is 299 g/mol. The topological polar surface area (TPSA) is 66.9 Å². The van der Waals surface area contributed by atoms with E-state index in [0.29, 0.717) is 12.1 Å². The highest BCUT2D eigenvalue weighted by molar-refractivity contribution is 5.77. The summed E-state index contributed by atoms with van der Waals surface area (Å²) in [6, 6.07) is 13.2. The standard InChI is InChI=1S/C16H14FN3O2/c17-11-6-7-14-13(10-11)15(21)20(16(22)19-14)9-8-18-12-4-2-1-3-5-12/h1-7,10,18H,8-9H2,(H,19,22). The number of hydrogen-bond acceptors (Lipinski definition) is 3. The minimum absolute atomic E-state index is 0.166. The summed E-state index contributed by atoms with van der Waals surface area (Å²) in [5.41, 5.74) is 0.245. The number of nitrogens with one attached hydrogen (secondary N) is 2. The molecule has 5 nitrogen and oxygen atoms in total. The number of H-pyrrole nitrogens is 1. The fourth-order valence-electron chi connectivity index (χ4n) is 2.29. The molecular weight excluding hydrogens is 285 g/mol. The molecule has 0 radical (unpaired) electrons. The summed E-state index contributed by atoms with van der Waals surface area (Å²) >= 11 is 0. The summed E-state index contributed by atoms with van der Waals surface area (Å²) in [7, 11) is 0. The molecule has 0 bridgehead atoms. The fourth-order valence-corrected chi connectivity index (χ4v) is 2.29. The Balaban J connectivity index is 1.87. The third-order valence-electron chi connectivity index (χ3n) is 3.38. The van der Waals surface area contributed by atoms with Crippen molar-refractivity contribution in [3.8, 4) is 0 Å². The Morgan fingerprint density at radius 1 is 1.09 bits per heavy atom. The second-order valence-electron chi connectivity index (χ2n) is 4.87. The van der Waals surface area contributed by atoms with Gasteiger partial charge in [-0.2, -0.15) is 0 Å². The van der Waals surface area contributed by atoms with Crippen LogP contribution in [0, 0.1) is 5.82 Å². The molecule has 2 N–H and O–H groups in total. The molecular formula is C16H14FN3O2. The first-order chi connectivity index (χ1) is 10.6. The zero-order valence-electron chi connectivity index (χ0n) is 11.7. The Hall–Kier alpha value is -2.89. The molecule has 2 aromatic carbocycles. The normalized spacial score (nSPS) is 10.8. The van der Waals surface area contributed by atoms with Crippen molar-refractivity contribution < 1.29 is 4.39 Å². The van der Waals surface area contributed by atoms with Crippen LogP contribution in [0.25, 0.3) is 10.9 Å². The number of rotatable bonds is 4. The van der Waals surface area contributed by atoms with Gasteiger partial charge >= 0.3 is 5.69 Å². The lowest BCUT2D eigenvalue weighted by molar-refractivity contribution is 0.627. The first-order valence-corrected chi connectivity index (χ1v) is 6.86. The van der Waals surface area contributed by atoms with Gasteiger partial charge in [0.1, 0.15) is 5.82 Å². The summed E-state index contributed by atoms with van der Waals surface area (Å²) < 4.78 is 14.3. The lowest BCUT2D eigenvalue weighted by Gasteiger charge is -2.08. The predicted molar refractivity (Wildman–Crippen MR) is 83.7 cm³/mol. The molecule has 3 aromatic rings. The van der Waals surface area contributed by atoms with Crippen LogP contribution in [0.2, 0.25) is 0 Å².